The second kappa shape index (κ2) is 9.48. The SMILES string of the molecule is Cc1nnc(SCc2ccccc2C(=O)NCc2ccco2)n1-c1ccc([N+](=O)[O-])cc1. The number of aryl methyl sites for hydroxylation is 1. The van der Waals surface area contributed by atoms with Crippen molar-refractivity contribution < 1.29 is 14.1 Å². The van der Waals surface area contributed by atoms with Gasteiger partial charge in [-0.1, -0.05) is 30.0 Å². The van der Waals surface area contributed by atoms with Gasteiger partial charge in [-0.25, -0.2) is 0 Å². The van der Waals surface area contributed by atoms with Crippen LogP contribution in [0.25, 0.3) is 5.69 Å². The summed E-state index contributed by atoms with van der Waals surface area (Å²) in [5.74, 6) is 1.64. The molecule has 2 aromatic heterocycles. The van der Waals surface area contributed by atoms with E-state index >= 15 is 0 Å². The Bertz CT molecular complexity index is 1240. The molecule has 0 unspecified atom stereocenters. The first-order valence-electron chi connectivity index (χ1n) is 9.71. The average molecular weight is 449 g/mol. The molecule has 0 bridgehead atoms. The van der Waals surface area contributed by atoms with Crippen LogP contribution in [0.4, 0.5) is 5.69 Å². The maximum absolute atomic E-state index is 12.7. The molecule has 162 valence electrons. The van der Waals surface area contributed by atoms with E-state index in [4.69, 9.17) is 4.42 Å². The molecule has 0 aliphatic carbocycles. The highest BCUT2D eigenvalue weighted by Crippen LogP contribution is 2.27. The normalized spacial score (nSPS) is 10.8. The molecule has 32 heavy (non-hydrogen) atoms. The summed E-state index contributed by atoms with van der Waals surface area (Å²) in [6, 6.07) is 17.2. The molecule has 0 aliphatic heterocycles. The molecule has 9 nitrogen and oxygen atoms in total. The van der Waals surface area contributed by atoms with Crippen molar-refractivity contribution in [2.24, 2.45) is 0 Å². The van der Waals surface area contributed by atoms with E-state index < -0.39 is 4.92 Å². The number of hydrogen-bond acceptors (Lipinski definition) is 7. The first-order valence-corrected chi connectivity index (χ1v) is 10.7. The molecule has 2 aromatic carbocycles. The van der Waals surface area contributed by atoms with Gasteiger partial charge < -0.3 is 9.73 Å². The maximum atomic E-state index is 12.7. The molecule has 0 atom stereocenters. The van der Waals surface area contributed by atoms with Crippen molar-refractivity contribution in [2.45, 2.75) is 24.4 Å². The van der Waals surface area contributed by atoms with Crippen molar-refractivity contribution in [3.63, 3.8) is 0 Å². The van der Waals surface area contributed by atoms with Crippen molar-refractivity contribution in [1.29, 1.82) is 0 Å². The minimum absolute atomic E-state index is 0.0168. The fourth-order valence-corrected chi connectivity index (χ4v) is 4.14. The van der Waals surface area contributed by atoms with Gasteiger partial charge in [0, 0.05) is 29.1 Å². The monoisotopic (exact) mass is 449 g/mol. The van der Waals surface area contributed by atoms with Crippen LogP contribution < -0.4 is 5.32 Å². The highest BCUT2D eigenvalue weighted by atomic mass is 32.2. The van der Waals surface area contributed by atoms with Crippen molar-refractivity contribution in [3.8, 4) is 5.69 Å². The summed E-state index contributed by atoms with van der Waals surface area (Å²) in [6.07, 6.45) is 1.56. The smallest absolute Gasteiger partial charge is 0.269 e. The highest BCUT2D eigenvalue weighted by molar-refractivity contribution is 7.98. The van der Waals surface area contributed by atoms with E-state index in [1.165, 1.54) is 23.9 Å². The zero-order valence-corrected chi connectivity index (χ0v) is 17.9. The summed E-state index contributed by atoms with van der Waals surface area (Å²) in [7, 11) is 0. The van der Waals surface area contributed by atoms with Gasteiger partial charge in [0.05, 0.1) is 17.7 Å². The summed E-state index contributed by atoms with van der Waals surface area (Å²) in [6.45, 7) is 2.12. The Labute approximate surface area is 187 Å². The molecular weight excluding hydrogens is 430 g/mol. The maximum Gasteiger partial charge on any atom is 0.269 e. The van der Waals surface area contributed by atoms with E-state index in [2.05, 4.69) is 15.5 Å². The minimum atomic E-state index is -0.438. The number of furan rings is 1. The second-order valence-electron chi connectivity index (χ2n) is 6.85. The zero-order valence-electron chi connectivity index (χ0n) is 17.1. The van der Waals surface area contributed by atoms with Gasteiger partial charge in [0.1, 0.15) is 11.6 Å². The van der Waals surface area contributed by atoms with E-state index in [1.54, 1.807) is 36.6 Å². The van der Waals surface area contributed by atoms with Gasteiger partial charge >= 0.3 is 0 Å². The Hall–Kier alpha value is -3.92. The number of nitrogens with zero attached hydrogens (tertiary/aromatic N) is 4. The van der Waals surface area contributed by atoms with E-state index in [1.807, 2.05) is 29.7 Å². The molecule has 4 aromatic rings. The van der Waals surface area contributed by atoms with Crippen LogP contribution in [0.3, 0.4) is 0 Å². The number of benzene rings is 2. The van der Waals surface area contributed by atoms with E-state index in [-0.39, 0.29) is 11.6 Å². The Morgan fingerprint density at radius 1 is 1.12 bits per heavy atom. The van der Waals surface area contributed by atoms with Crippen molar-refractivity contribution in [1.82, 2.24) is 20.1 Å². The number of thioether (sulfide) groups is 1. The predicted molar refractivity (Wildman–Crippen MR) is 119 cm³/mol. The van der Waals surface area contributed by atoms with Gasteiger partial charge in [0.25, 0.3) is 11.6 Å². The predicted octanol–water partition coefficient (Wildman–Crippen LogP) is 4.30. The topological polar surface area (TPSA) is 116 Å². The van der Waals surface area contributed by atoms with Gasteiger partial charge in [-0.2, -0.15) is 0 Å². The Kier molecular flexibility index (Phi) is 6.31. The molecule has 0 spiro atoms. The number of rotatable bonds is 8. The molecule has 1 amide bonds. The van der Waals surface area contributed by atoms with Crippen LogP contribution in [0.5, 0.6) is 0 Å². The first kappa shape index (κ1) is 21.3. The number of carbonyl (C=O) groups excluding carboxylic acids is 1. The first-order chi connectivity index (χ1) is 15.5. The molecule has 0 radical (unpaired) electrons. The summed E-state index contributed by atoms with van der Waals surface area (Å²) in [5.41, 5.74) is 2.17. The number of nitro groups is 1. The van der Waals surface area contributed by atoms with Crippen LogP contribution in [0, 0.1) is 17.0 Å². The number of nitro benzene ring substituents is 1. The lowest BCUT2D eigenvalue weighted by Crippen LogP contribution is -2.23. The number of amides is 1. The Balaban J connectivity index is 1.50. The Morgan fingerprint density at radius 3 is 2.62 bits per heavy atom. The third-order valence-corrected chi connectivity index (χ3v) is 5.71. The number of aromatic nitrogens is 3. The van der Waals surface area contributed by atoms with Crippen LogP contribution in [0.2, 0.25) is 0 Å². The summed E-state index contributed by atoms with van der Waals surface area (Å²) >= 11 is 1.43. The molecule has 2 heterocycles. The van der Waals surface area contributed by atoms with Crippen LogP contribution in [-0.2, 0) is 12.3 Å². The van der Waals surface area contributed by atoms with Crippen molar-refractivity contribution in [3.05, 3.63) is 99.8 Å². The summed E-state index contributed by atoms with van der Waals surface area (Å²) in [5, 5.41) is 22.8. The molecule has 0 saturated heterocycles. The van der Waals surface area contributed by atoms with E-state index in [0.717, 1.165) is 11.3 Å². The largest absolute Gasteiger partial charge is 0.467 e. The van der Waals surface area contributed by atoms with Gasteiger partial charge in [-0.3, -0.25) is 19.5 Å². The van der Waals surface area contributed by atoms with Gasteiger partial charge in [0.15, 0.2) is 5.16 Å². The lowest BCUT2D eigenvalue weighted by Gasteiger charge is -2.11. The third kappa shape index (κ3) is 4.70. The highest BCUT2D eigenvalue weighted by Gasteiger charge is 2.16. The van der Waals surface area contributed by atoms with Crippen LogP contribution in [0.1, 0.15) is 27.5 Å². The fraction of sp³-hybridized carbons (Fsp3) is 0.136. The molecule has 10 heteroatoms. The van der Waals surface area contributed by atoms with Crippen LogP contribution >= 0.6 is 11.8 Å². The summed E-state index contributed by atoms with van der Waals surface area (Å²) < 4.78 is 7.09. The molecule has 0 aliphatic rings. The molecule has 4 rings (SSSR count). The van der Waals surface area contributed by atoms with Crippen molar-refractivity contribution >= 4 is 23.4 Å². The lowest BCUT2D eigenvalue weighted by atomic mass is 10.1. The quantitative estimate of drug-likeness (QED) is 0.242. The molecule has 0 fully saturated rings. The molecule has 1 N–H and O–H groups in total. The molecular formula is C22H19N5O4S. The fourth-order valence-electron chi connectivity index (χ4n) is 3.14. The average Bonchev–Trinajstić information content (AvgIpc) is 3.46. The Morgan fingerprint density at radius 2 is 1.91 bits per heavy atom. The lowest BCUT2D eigenvalue weighted by molar-refractivity contribution is -0.384. The minimum Gasteiger partial charge on any atom is -0.467 e. The third-order valence-electron chi connectivity index (χ3n) is 4.74. The van der Waals surface area contributed by atoms with Crippen LogP contribution in [-0.4, -0.2) is 25.6 Å². The number of carbonyl (C=O) groups is 1. The molecule has 0 saturated carbocycles. The van der Waals surface area contributed by atoms with Gasteiger partial charge in [-0.15, -0.1) is 10.2 Å². The second-order valence-corrected chi connectivity index (χ2v) is 7.79. The number of hydrogen-bond donors (Lipinski definition) is 1. The standard InChI is InChI=1S/C22H19N5O4S/c1-15-24-25-22(26(15)17-8-10-18(11-9-17)27(29)30)32-14-16-5-2-3-7-20(16)21(28)23-13-19-6-4-12-31-19/h2-12H,13-14H2,1H3,(H,23,28). The number of non-ortho nitro benzene ring substituents is 1. The van der Waals surface area contributed by atoms with E-state index in [9.17, 15) is 14.9 Å². The van der Waals surface area contributed by atoms with Crippen LogP contribution in [0.15, 0.2) is 76.5 Å². The van der Waals surface area contributed by atoms with E-state index in [0.29, 0.717) is 34.6 Å². The zero-order chi connectivity index (χ0) is 22.5. The van der Waals surface area contributed by atoms with Gasteiger partial charge in [0.2, 0.25) is 0 Å². The van der Waals surface area contributed by atoms with Gasteiger partial charge in [-0.05, 0) is 42.8 Å². The summed E-state index contributed by atoms with van der Waals surface area (Å²) in [4.78, 5) is 23.2. The van der Waals surface area contributed by atoms with Crippen molar-refractivity contribution in [2.75, 3.05) is 0 Å². The number of nitrogens with one attached hydrogen (secondary N) is 1.